The molecular weight excluding hydrogens is 310 g/mol. The van der Waals surface area contributed by atoms with Gasteiger partial charge in [-0.3, -0.25) is 9.69 Å². The van der Waals surface area contributed by atoms with Gasteiger partial charge in [0.2, 0.25) is 5.91 Å². The van der Waals surface area contributed by atoms with Gasteiger partial charge in [-0.2, -0.15) is 0 Å². The highest BCUT2D eigenvalue weighted by atomic mass is 16.1. The molecule has 1 N–H and O–H groups in total. The fraction of sp³-hybridized carbons (Fsp3) is 0.476. The first-order chi connectivity index (χ1) is 12.1. The van der Waals surface area contributed by atoms with Gasteiger partial charge < -0.3 is 10.2 Å². The fourth-order valence-electron chi connectivity index (χ4n) is 3.05. The Morgan fingerprint density at radius 3 is 2.68 bits per heavy atom. The van der Waals surface area contributed by atoms with Crippen LogP contribution in [0, 0.1) is 6.92 Å². The zero-order valence-corrected chi connectivity index (χ0v) is 15.7. The number of aryl methyl sites for hydroxylation is 1. The molecule has 4 nitrogen and oxygen atoms in total. The molecule has 1 aromatic carbocycles. The second kappa shape index (κ2) is 10.0. The third-order valence-corrected chi connectivity index (χ3v) is 4.56. The Morgan fingerprint density at radius 2 is 2.00 bits per heavy atom. The first-order valence-corrected chi connectivity index (χ1v) is 9.22. The van der Waals surface area contributed by atoms with E-state index in [1.54, 1.807) is 12.2 Å². The zero-order valence-electron chi connectivity index (χ0n) is 15.7. The zero-order chi connectivity index (χ0) is 18.1. The number of nitrogens with zero attached hydrogens (tertiary/aromatic N) is 2. The summed E-state index contributed by atoms with van der Waals surface area (Å²) in [4.78, 5) is 16.7. The van der Waals surface area contributed by atoms with E-state index in [0.29, 0.717) is 0 Å². The quantitative estimate of drug-likeness (QED) is 0.611. The molecule has 2 rings (SSSR count). The van der Waals surface area contributed by atoms with Crippen molar-refractivity contribution >= 4 is 11.6 Å². The average Bonchev–Trinajstić information content (AvgIpc) is 2.60. The molecule has 136 valence electrons. The van der Waals surface area contributed by atoms with Crippen LogP contribution in [0.3, 0.4) is 0 Å². The Bertz CT molecular complexity index is 601. The molecule has 0 radical (unpaired) electrons. The van der Waals surface area contributed by atoms with E-state index in [9.17, 15) is 4.79 Å². The predicted molar refractivity (Wildman–Crippen MR) is 106 cm³/mol. The third-order valence-electron chi connectivity index (χ3n) is 4.56. The Balaban J connectivity index is 1.69. The molecule has 0 aromatic heterocycles. The van der Waals surface area contributed by atoms with Gasteiger partial charge in [0.1, 0.15) is 0 Å². The van der Waals surface area contributed by atoms with Crippen LogP contribution in [-0.2, 0) is 4.79 Å². The monoisotopic (exact) mass is 341 g/mol. The molecule has 0 saturated carbocycles. The lowest BCUT2D eigenvalue weighted by Crippen LogP contribution is -2.47. The normalized spacial score (nSPS) is 17.3. The highest BCUT2D eigenvalue weighted by Crippen LogP contribution is 2.17. The molecule has 1 saturated heterocycles. The summed E-state index contributed by atoms with van der Waals surface area (Å²) in [5.41, 5.74) is 2.64. The fourth-order valence-corrected chi connectivity index (χ4v) is 3.05. The highest BCUT2D eigenvalue weighted by Gasteiger charge is 2.17. The molecule has 0 spiro atoms. The van der Waals surface area contributed by atoms with E-state index >= 15 is 0 Å². The van der Waals surface area contributed by atoms with Crippen LogP contribution in [0.25, 0.3) is 0 Å². The predicted octanol–water partition coefficient (Wildman–Crippen LogP) is 3.14. The van der Waals surface area contributed by atoms with E-state index in [1.165, 1.54) is 11.3 Å². The molecule has 1 aliphatic heterocycles. The van der Waals surface area contributed by atoms with Gasteiger partial charge in [-0.25, -0.2) is 0 Å². The van der Waals surface area contributed by atoms with Crippen LogP contribution in [0.5, 0.6) is 0 Å². The lowest BCUT2D eigenvalue weighted by Gasteiger charge is -2.36. The van der Waals surface area contributed by atoms with Crippen LogP contribution in [0.1, 0.15) is 25.8 Å². The van der Waals surface area contributed by atoms with E-state index in [4.69, 9.17) is 0 Å². The minimum Gasteiger partial charge on any atom is -0.369 e. The van der Waals surface area contributed by atoms with E-state index in [1.807, 2.05) is 19.1 Å². The third kappa shape index (κ3) is 6.75. The van der Waals surface area contributed by atoms with Crippen molar-refractivity contribution in [2.24, 2.45) is 0 Å². The number of carbonyl (C=O) groups is 1. The van der Waals surface area contributed by atoms with E-state index in [-0.39, 0.29) is 11.9 Å². The van der Waals surface area contributed by atoms with Crippen molar-refractivity contribution in [3.8, 4) is 0 Å². The Kier molecular flexibility index (Phi) is 7.74. The number of amides is 1. The summed E-state index contributed by atoms with van der Waals surface area (Å²) in [6.07, 6.45) is 8.10. The van der Waals surface area contributed by atoms with Gasteiger partial charge >= 0.3 is 0 Å². The summed E-state index contributed by atoms with van der Waals surface area (Å²) in [5.74, 6) is -0.0186. The number of piperazine rings is 1. The molecule has 1 aliphatic rings. The smallest absolute Gasteiger partial charge is 0.244 e. The molecule has 1 unspecified atom stereocenters. The molecule has 0 bridgehead atoms. The summed E-state index contributed by atoms with van der Waals surface area (Å²) in [6.45, 7) is 11.5. The summed E-state index contributed by atoms with van der Waals surface area (Å²) in [6, 6.07) is 8.92. The number of anilines is 1. The topological polar surface area (TPSA) is 35.6 Å². The average molecular weight is 341 g/mol. The summed E-state index contributed by atoms with van der Waals surface area (Å²) < 4.78 is 0. The van der Waals surface area contributed by atoms with Gasteiger partial charge in [0.05, 0.1) is 0 Å². The van der Waals surface area contributed by atoms with Crippen LogP contribution >= 0.6 is 0 Å². The highest BCUT2D eigenvalue weighted by molar-refractivity contribution is 5.87. The van der Waals surface area contributed by atoms with Gasteiger partial charge in [-0.15, -0.1) is 0 Å². The second-order valence-corrected chi connectivity index (χ2v) is 6.75. The van der Waals surface area contributed by atoms with Crippen molar-refractivity contribution in [3.05, 3.63) is 54.1 Å². The lowest BCUT2D eigenvalue weighted by molar-refractivity contribution is -0.117. The molecule has 1 heterocycles. The molecule has 4 heteroatoms. The first kappa shape index (κ1) is 19.3. The van der Waals surface area contributed by atoms with Crippen molar-refractivity contribution in [1.82, 2.24) is 10.2 Å². The van der Waals surface area contributed by atoms with Crippen molar-refractivity contribution in [2.45, 2.75) is 33.2 Å². The number of hydrogen-bond acceptors (Lipinski definition) is 3. The Morgan fingerprint density at radius 1 is 1.24 bits per heavy atom. The largest absolute Gasteiger partial charge is 0.369 e. The standard InChI is InChI=1S/C21H31N3O/c1-4-5-6-10-21(25)22-19(3)11-12-23-13-15-24(16-14-23)20-9-7-8-18(2)17-20/h4-10,17,19H,11-16H2,1-3H3,(H,22,25)/b5-4+,10-6+. The van der Waals surface area contributed by atoms with Crippen LogP contribution in [-0.4, -0.2) is 49.6 Å². The van der Waals surface area contributed by atoms with Crippen molar-refractivity contribution in [1.29, 1.82) is 0 Å². The van der Waals surface area contributed by atoms with E-state index in [2.05, 4.69) is 53.2 Å². The molecule has 25 heavy (non-hydrogen) atoms. The van der Waals surface area contributed by atoms with Gasteiger partial charge in [-0.05, 0) is 44.9 Å². The van der Waals surface area contributed by atoms with Crippen molar-refractivity contribution in [3.63, 3.8) is 0 Å². The molecule has 0 aliphatic carbocycles. The maximum atomic E-state index is 11.8. The van der Waals surface area contributed by atoms with Crippen LogP contribution in [0.15, 0.2) is 48.6 Å². The number of allylic oxidation sites excluding steroid dienone is 3. The van der Waals surface area contributed by atoms with Gasteiger partial charge in [-0.1, -0.05) is 30.4 Å². The van der Waals surface area contributed by atoms with E-state index < -0.39 is 0 Å². The summed E-state index contributed by atoms with van der Waals surface area (Å²) in [7, 11) is 0. The minimum absolute atomic E-state index is 0.0186. The number of nitrogens with one attached hydrogen (secondary N) is 1. The molecule has 1 aromatic rings. The minimum atomic E-state index is -0.0186. The first-order valence-electron chi connectivity index (χ1n) is 9.22. The second-order valence-electron chi connectivity index (χ2n) is 6.75. The van der Waals surface area contributed by atoms with E-state index in [0.717, 1.165) is 39.1 Å². The molecule has 1 atom stereocenters. The number of hydrogen-bond donors (Lipinski definition) is 1. The molecular formula is C21H31N3O. The number of carbonyl (C=O) groups excluding carboxylic acids is 1. The number of rotatable bonds is 7. The molecule has 1 amide bonds. The van der Waals surface area contributed by atoms with Crippen LogP contribution in [0.2, 0.25) is 0 Å². The van der Waals surface area contributed by atoms with Crippen molar-refractivity contribution < 1.29 is 4.79 Å². The van der Waals surface area contributed by atoms with Crippen molar-refractivity contribution in [2.75, 3.05) is 37.6 Å². The molecule has 1 fully saturated rings. The van der Waals surface area contributed by atoms with Gasteiger partial charge in [0, 0.05) is 50.5 Å². The number of benzene rings is 1. The van der Waals surface area contributed by atoms with Crippen LogP contribution < -0.4 is 10.2 Å². The summed E-state index contributed by atoms with van der Waals surface area (Å²) >= 11 is 0. The Labute approximate surface area is 152 Å². The van der Waals surface area contributed by atoms with Gasteiger partial charge in [0.15, 0.2) is 0 Å². The summed E-state index contributed by atoms with van der Waals surface area (Å²) in [5, 5.41) is 3.02. The van der Waals surface area contributed by atoms with Gasteiger partial charge in [0.25, 0.3) is 0 Å². The SMILES string of the molecule is C/C=C/C=C/C(=O)NC(C)CCN1CCN(c2cccc(C)c2)CC1. The lowest BCUT2D eigenvalue weighted by atomic mass is 10.1. The Hall–Kier alpha value is -2.07. The van der Waals surface area contributed by atoms with Crippen LogP contribution in [0.4, 0.5) is 5.69 Å². The maximum Gasteiger partial charge on any atom is 0.244 e. The maximum absolute atomic E-state index is 11.8.